The molecule has 0 radical (unpaired) electrons. The monoisotopic (exact) mass is 354 g/mol. The van der Waals surface area contributed by atoms with Gasteiger partial charge in [0.1, 0.15) is 0 Å². The first-order valence-corrected chi connectivity index (χ1v) is 7.36. The van der Waals surface area contributed by atoms with E-state index in [0.717, 1.165) is 30.7 Å². The fourth-order valence-corrected chi connectivity index (χ4v) is 3.52. The summed E-state index contributed by atoms with van der Waals surface area (Å²) in [7, 11) is 2.15. The van der Waals surface area contributed by atoms with Crippen molar-refractivity contribution in [2.75, 3.05) is 26.7 Å². The van der Waals surface area contributed by atoms with Crippen molar-refractivity contribution in [2.24, 2.45) is 0 Å². The van der Waals surface area contributed by atoms with Gasteiger partial charge in [0, 0.05) is 29.0 Å². The summed E-state index contributed by atoms with van der Waals surface area (Å²) in [5.74, 6) is 0. The first-order valence-electron chi connectivity index (χ1n) is 4.96. The third kappa shape index (κ3) is 4.95. The quantitative estimate of drug-likeness (QED) is 0.787. The van der Waals surface area contributed by atoms with E-state index in [1.165, 1.54) is 8.66 Å². The number of rotatable bonds is 6. The van der Waals surface area contributed by atoms with Crippen LogP contribution < -0.4 is 5.32 Å². The van der Waals surface area contributed by atoms with Crippen LogP contribution in [0.15, 0.2) is 14.3 Å². The molecule has 0 aliphatic rings. The molecule has 0 unspecified atom stereocenters. The second-order valence-corrected chi connectivity index (χ2v) is 6.73. The molecule has 1 heterocycles. The van der Waals surface area contributed by atoms with Crippen LogP contribution in [-0.2, 0) is 6.54 Å². The van der Waals surface area contributed by atoms with Gasteiger partial charge in [0.25, 0.3) is 0 Å². The number of halogens is 2. The van der Waals surface area contributed by atoms with Gasteiger partial charge < -0.3 is 10.2 Å². The van der Waals surface area contributed by atoms with Crippen LogP contribution in [0.2, 0.25) is 0 Å². The number of hydrogen-bond donors (Lipinski definition) is 1. The lowest BCUT2D eigenvalue weighted by Crippen LogP contribution is -2.28. The molecule has 86 valence electrons. The molecule has 1 rings (SSSR count). The Labute approximate surface area is 112 Å². The van der Waals surface area contributed by atoms with E-state index < -0.39 is 0 Å². The molecule has 0 aromatic carbocycles. The smallest absolute Gasteiger partial charge is 0.0843 e. The van der Waals surface area contributed by atoms with Gasteiger partial charge in [0.2, 0.25) is 0 Å². The maximum atomic E-state index is 3.51. The van der Waals surface area contributed by atoms with E-state index in [2.05, 4.69) is 62.1 Å². The zero-order chi connectivity index (χ0) is 11.3. The van der Waals surface area contributed by atoms with Gasteiger partial charge in [-0.1, -0.05) is 6.92 Å². The zero-order valence-corrected chi connectivity index (χ0v) is 13.0. The highest BCUT2D eigenvalue weighted by Crippen LogP contribution is 2.32. The van der Waals surface area contributed by atoms with Crippen LogP contribution >= 0.6 is 43.2 Å². The Kier molecular flexibility index (Phi) is 6.38. The summed E-state index contributed by atoms with van der Waals surface area (Å²) in [5.41, 5.74) is 0. The van der Waals surface area contributed by atoms with E-state index >= 15 is 0 Å². The van der Waals surface area contributed by atoms with Crippen molar-refractivity contribution in [3.63, 3.8) is 0 Å². The molecule has 0 aliphatic heterocycles. The summed E-state index contributed by atoms with van der Waals surface area (Å²) >= 11 is 8.80. The van der Waals surface area contributed by atoms with E-state index in [1.54, 1.807) is 11.3 Å². The topological polar surface area (TPSA) is 15.3 Å². The first-order chi connectivity index (χ1) is 7.13. The fraction of sp³-hybridized carbons (Fsp3) is 0.600. The van der Waals surface area contributed by atoms with Crippen molar-refractivity contribution in [2.45, 2.75) is 13.5 Å². The van der Waals surface area contributed by atoms with Gasteiger partial charge in [0.05, 0.1) is 3.79 Å². The molecule has 0 amide bonds. The molecule has 0 bridgehead atoms. The van der Waals surface area contributed by atoms with E-state index in [-0.39, 0.29) is 0 Å². The van der Waals surface area contributed by atoms with Crippen LogP contribution in [0.5, 0.6) is 0 Å². The second-order valence-electron chi connectivity index (χ2n) is 3.43. The molecule has 0 saturated carbocycles. The highest BCUT2D eigenvalue weighted by Gasteiger charge is 2.06. The Balaban J connectivity index is 2.34. The van der Waals surface area contributed by atoms with Crippen LogP contribution in [0.3, 0.4) is 0 Å². The Morgan fingerprint density at radius 1 is 1.47 bits per heavy atom. The molecular formula is C10H16Br2N2S. The molecule has 5 heteroatoms. The largest absolute Gasteiger partial charge is 0.316 e. The van der Waals surface area contributed by atoms with Crippen LogP contribution in [0.25, 0.3) is 0 Å². The second kappa shape index (κ2) is 7.01. The molecule has 0 spiro atoms. The summed E-state index contributed by atoms with van der Waals surface area (Å²) in [6.45, 7) is 6.33. The summed E-state index contributed by atoms with van der Waals surface area (Å²) < 4.78 is 2.33. The van der Waals surface area contributed by atoms with Crippen molar-refractivity contribution in [3.05, 3.63) is 19.2 Å². The Bertz CT molecular complexity index is 282. The molecule has 15 heavy (non-hydrogen) atoms. The van der Waals surface area contributed by atoms with E-state index in [9.17, 15) is 0 Å². The predicted octanol–water partition coefficient (Wildman–Crippen LogP) is 3.31. The predicted molar refractivity (Wildman–Crippen MR) is 74.6 cm³/mol. The minimum Gasteiger partial charge on any atom is -0.316 e. The normalized spacial score (nSPS) is 11.3. The minimum atomic E-state index is 1.01. The summed E-state index contributed by atoms with van der Waals surface area (Å²) in [6, 6.07) is 2.18. The molecule has 2 nitrogen and oxygen atoms in total. The van der Waals surface area contributed by atoms with Crippen molar-refractivity contribution in [1.82, 2.24) is 10.2 Å². The number of hydrogen-bond acceptors (Lipinski definition) is 3. The van der Waals surface area contributed by atoms with Gasteiger partial charge in [-0.2, -0.15) is 0 Å². The third-order valence-corrected chi connectivity index (χ3v) is 5.28. The maximum absolute atomic E-state index is 3.51. The van der Waals surface area contributed by atoms with E-state index in [4.69, 9.17) is 0 Å². The van der Waals surface area contributed by atoms with Gasteiger partial charge in [-0.15, -0.1) is 11.3 Å². The molecular weight excluding hydrogens is 340 g/mol. The highest BCUT2D eigenvalue weighted by atomic mass is 79.9. The van der Waals surface area contributed by atoms with Crippen molar-refractivity contribution in [3.8, 4) is 0 Å². The molecule has 0 saturated heterocycles. The Morgan fingerprint density at radius 3 is 2.73 bits per heavy atom. The Morgan fingerprint density at radius 2 is 2.20 bits per heavy atom. The average Bonchev–Trinajstić information content (AvgIpc) is 2.46. The lowest BCUT2D eigenvalue weighted by atomic mass is 10.4. The van der Waals surface area contributed by atoms with Crippen molar-refractivity contribution < 1.29 is 0 Å². The van der Waals surface area contributed by atoms with Crippen LogP contribution in [-0.4, -0.2) is 31.6 Å². The number of likely N-dealkylation sites (N-methyl/N-ethyl adjacent to an activating group) is 2. The van der Waals surface area contributed by atoms with Gasteiger partial charge in [-0.05, 0) is 51.5 Å². The lowest BCUT2D eigenvalue weighted by Gasteiger charge is -2.15. The molecule has 1 aromatic rings. The number of nitrogens with zero attached hydrogens (tertiary/aromatic N) is 1. The van der Waals surface area contributed by atoms with Gasteiger partial charge in [-0.25, -0.2) is 0 Å². The molecule has 0 aliphatic carbocycles. The van der Waals surface area contributed by atoms with E-state index in [1.807, 2.05) is 0 Å². The van der Waals surface area contributed by atoms with Gasteiger partial charge >= 0.3 is 0 Å². The maximum Gasteiger partial charge on any atom is 0.0843 e. The van der Waals surface area contributed by atoms with Crippen molar-refractivity contribution >= 4 is 43.2 Å². The summed E-state index contributed by atoms with van der Waals surface area (Å²) in [5, 5.41) is 3.32. The molecule has 1 aromatic heterocycles. The summed E-state index contributed by atoms with van der Waals surface area (Å²) in [6.07, 6.45) is 0. The van der Waals surface area contributed by atoms with Gasteiger partial charge in [-0.3, -0.25) is 0 Å². The number of nitrogens with one attached hydrogen (secondary N) is 1. The first kappa shape index (κ1) is 13.6. The lowest BCUT2D eigenvalue weighted by molar-refractivity contribution is 0.328. The van der Waals surface area contributed by atoms with Crippen molar-refractivity contribution in [1.29, 1.82) is 0 Å². The Hall–Kier alpha value is 0.580. The molecule has 0 fully saturated rings. The average molecular weight is 356 g/mol. The minimum absolute atomic E-state index is 1.01. The highest BCUT2D eigenvalue weighted by molar-refractivity contribution is 9.13. The van der Waals surface area contributed by atoms with Crippen LogP contribution in [0, 0.1) is 0 Å². The number of thiophene rings is 1. The molecule has 0 atom stereocenters. The van der Waals surface area contributed by atoms with Gasteiger partial charge in [0.15, 0.2) is 0 Å². The van der Waals surface area contributed by atoms with E-state index in [0.29, 0.717) is 0 Å². The standard InChI is InChI=1S/C10H16Br2N2S/c1-3-13-4-5-14(2)7-8-6-9(11)10(12)15-8/h6,13H,3-5,7H2,1-2H3. The van der Waals surface area contributed by atoms with Crippen LogP contribution in [0.4, 0.5) is 0 Å². The molecule has 1 N–H and O–H groups in total. The summed E-state index contributed by atoms with van der Waals surface area (Å²) in [4.78, 5) is 3.71. The van der Waals surface area contributed by atoms with Crippen LogP contribution in [0.1, 0.15) is 11.8 Å². The SMILES string of the molecule is CCNCCN(C)Cc1cc(Br)c(Br)s1. The fourth-order valence-electron chi connectivity index (χ4n) is 1.26. The zero-order valence-electron chi connectivity index (χ0n) is 9.02. The third-order valence-electron chi connectivity index (χ3n) is 2.04.